The first-order chi connectivity index (χ1) is 6.00. The largest absolute Gasteiger partial charge is 0.480 e. The van der Waals surface area contributed by atoms with Crippen molar-refractivity contribution in [3.63, 3.8) is 0 Å². The Hall–Kier alpha value is -1.14. The van der Waals surface area contributed by atoms with Crippen molar-refractivity contribution >= 4 is 11.9 Å². The van der Waals surface area contributed by atoms with Crippen molar-refractivity contribution < 1.29 is 19.4 Å². The third-order valence-electron chi connectivity index (χ3n) is 1.39. The van der Waals surface area contributed by atoms with Crippen LogP contribution in [0.5, 0.6) is 0 Å². The van der Waals surface area contributed by atoms with Gasteiger partial charge in [0.15, 0.2) is 0 Å². The summed E-state index contributed by atoms with van der Waals surface area (Å²) in [7, 11) is 0. The topological polar surface area (TPSA) is 116 Å². The molecule has 0 bridgehead atoms. The van der Waals surface area contributed by atoms with E-state index in [4.69, 9.17) is 16.6 Å². The molecule has 2 unspecified atom stereocenters. The van der Waals surface area contributed by atoms with E-state index in [1.807, 2.05) is 6.92 Å². The molecule has 6 nitrogen and oxygen atoms in total. The number of carbonyl (C=O) groups is 2. The van der Waals surface area contributed by atoms with Gasteiger partial charge in [-0.05, 0) is 6.42 Å². The van der Waals surface area contributed by atoms with E-state index in [1.165, 1.54) is 0 Å². The van der Waals surface area contributed by atoms with Crippen LogP contribution in [0.25, 0.3) is 0 Å². The molecule has 0 aliphatic rings. The molecule has 2 atom stereocenters. The summed E-state index contributed by atoms with van der Waals surface area (Å²) in [5.41, 5.74) is 10.3. The zero-order chi connectivity index (χ0) is 10.4. The maximum Gasteiger partial charge on any atom is 0.325 e. The Morgan fingerprint density at radius 3 is 2.31 bits per heavy atom. The van der Waals surface area contributed by atoms with Gasteiger partial charge in [-0.2, -0.15) is 0 Å². The van der Waals surface area contributed by atoms with Crippen LogP contribution < -0.4 is 11.5 Å². The summed E-state index contributed by atoms with van der Waals surface area (Å²) < 4.78 is 4.62. The van der Waals surface area contributed by atoms with Crippen LogP contribution in [0.2, 0.25) is 0 Å². The zero-order valence-corrected chi connectivity index (χ0v) is 7.40. The maximum absolute atomic E-state index is 11.0. The molecule has 6 heteroatoms. The average Bonchev–Trinajstić information content (AvgIpc) is 2.11. The van der Waals surface area contributed by atoms with Crippen LogP contribution in [0.1, 0.15) is 13.3 Å². The zero-order valence-electron chi connectivity index (χ0n) is 7.40. The third kappa shape index (κ3) is 3.86. The highest BCUT2D eigenvalue weighted by atomic mass is 16.5. The molecular weight excluding hydrogens is 176 g/mol. The molecule has 0 radical (unpaired) electrons. The number of ether oxygens (including phenoxy) is 1. The molecule has 0 saturated carbocycles. The number of rotatable bonds is 5. The lowest BCUT2D eigenvalue weighted by Gasteiger charge is -2.14. The highest BCUT2D eigenvalue weighted by molar-refractivity contribution is 5.85. The number of esters is 1. The summed E-state index contributed by atoms with van der Waals surface area (Å²) in [5, 5.41) is 8.41. The van der Waals surface area contributed by atoms with Crippen LogP contribution in [0, 0.1) is 0 Å². The molecule has 0 aliphatic heterocycles. The Bertz CT molecular complexity index is 195. The summed E-state index contributed by atoms with van der Waals surface area (Å²) in [6, 6.07) is -2.71. The van der Waals surface area contributed by atoms with E-state index < -0.39 is 24.0 Å². The molecule has 13 heavy (non-hydrogen) atoms. The highest BCUT2D eigenvalue weighted by Crippen LogP contribution is 1.92. The van der Waals surface area contributed by atoms with E-state index >= 15 is 0 Å². The van der Waals surface area contributed by atoms with Crippen molar-refractivity contribution in [3.05, 3.63) is 0 Å². The fraction of sp³-hybridized carbons (Fsp3) is 0.714. The Labute approximate surface area is 75.8 Å². The number of carbonyl (C=O) groups excluding carboxylic acids is 1. The lowest BCUT2D eigenvalue weighted by molar-refractivity contribution is -0.150. The van der Waals surface area contributed by atoms with Gasteiger partial charge in [0.1, 0.15) is 12.1 Å². The van der Waals surface area contributed by atoms with Gasteiger partial charge < -0.3 is 21.3 Å². The molecule has 0 spiro atoms. The van der Waals surface area contributed by atoms with E-state index in [-0.39, 0.29) is 6.61 Å². The summed E-state index contributed by atoms with van der Waals surface area (Å²) >= 11 is 0. The Kier molecular flexibility index (Phi) is 5.01. The summed E-state index contributed by atoms with van der Waals surface area (Å²) in [6.07, 6.45) is 0.654. The second kappa shape index (κ2) is 5.50. The number of nitrogens with two attached hydrogens (primary N) is 2. The van der Waals surface area contributed by atoms with Crippen LogP contribution in [-0.4, -0.2) is 35.7 Å². The second-order valence-corrected chi connectivity index (χ2v) is 2.56. The van der Waals surface area contributed by atoms with Gasteiger partial charge in [0.25, 0.3) is 0 Å². The molecule has 0 saturated heterocycles. The first-order valence-electron chi connectivity index (χ1n) is 3.91. The van der Waals surface area contributed by atoms with Crippen LogP contribution in [0.4, 0.5) is 0 Å². The monoisotopic (exact) mass is 190 g/mol. The molecular formula is C7H14N2O4. The minimum atomic E-state index is -1.41. The smallest absolute Gasteiger partial charge is 0.325 e. The van der Waals surface area contributed by atoms with Gasteiger partial charge in [0.2, 0.25) is 0 Å². The normalized spacial score (nSPS) is 14.7. The maximum atomic E-state index is 11.0. The van der Waals surface area contributed by atoms with Crippen LogP contribution in [0.3, 0.4) is 0 Å². The predicted molar refractivity (Wildman–Crippen MR) is 44.8 cm³/mol. The van der Waals surface area contributed by atoms with Crippen LogP contribution in [-0.2, 0) is 14.3 Å². The van der Waals surface area contributed by atoms with Gasteiger partial charge in [0.05, 0.1) is 6.61 Å². The predicted octanol–water partition coefficient (Wildman–Crippen LogP) is -1.32. The van der Waals surface area contributed by atoms with E-state index in [9.17, 15) is 9.59 Å². The van der Waals surface area contributed by atoms with Crippen LogP contribution >= 0.6 is 0 Å². The standard InChI is InChI=1S/C7H14N2O4/c1-2-3-13-7(12)5(9)4(8)6(10)11/h4-5H,2-3,8-9H2,1H3,(H,10,11). The van der Waals surface area contributed by atoms with Gasteiger partial charge in [-0.3, -0.25) is 9.59 Å². The molecule has 0 aromatic rings. The first kappa shape index (κ1) is 11.9. The Morgan fingerprint density at radius 1 is 1.38 bits per heavy atom. The molecule has 76 valence electrons. The van der Waals surface area contributed by atoms with E-state index in [2.05, 4.69) is 4.74 Å². The van der Waals surface area contributed by atoms with Crippen LogP contribution in [0.15, 0.2) is 0 Å². The first-order valence-corrected chi connectivity index (χ1v) is 3.91. The number of carboxylic acids is 1. The van der Waals surface area contributed by atoms with Gasteiger partial charge >= 0.3 is 11.9 Å². The van der Waals surface area contributed by atoms with Gasteiger partial charge in [-0.15, -0.1) is 0 Å². The second-order valence-electron chi connectivity index (χ2n) is 2.56. The number of hydrogen-bond donors (Lipinski definition) is 3. The molecule has 0 aliphatic carbocycles. The molecule has 0 fully saturated rings. The van der Waals surface area contributed by atoms with Crippen molar-refractivity contribution in [2.45, 2.75) is 25.4 Å². The van der Waals surface area contributed by atoms with Crippen molar-refractivity contribution in [2.75, 3.05) is 6.61 Å². The van der Waals surface area contributed by atoms with Gasteiger partial charge in [0, 0.05) is 0 Å². The fourth-order valence-electron chi connectivity index (χ4n) is 0.599. The average molecular weight is 190 g/mol. The van der Waals surface area contributed by atoms with Gasteiger partial charge in [-0.25, -0.2) is 0 Å². The summed E-state index contributed by atoms with van der Waals surface area (Å²) in [6.45, 7) is 2.04. The van der Waals surface area contributed by atoms with Gasteiger partial charge in [-0.1, -0.05) is 6.92 Å². The number of aliphatic carboxylic acids is 1. The lowest BCUT2D eigenvalue weighted by atomic mass is 10.1. The molecule has 0 heterocycles. The van der Waals surface area contributed by atoms with E-state index in [0.717, 1.165) is 0 Å². The Balaban J connectivity index is 4.01. The minimum absolute atomic E-state index is 0.221. The summed E-state index contributed by atoms with van der Waals surface area (Å²) in [5.74, 6) is -2.10. The van der Waals surface area contributed by atoms with Crippen molar-refractivity contribution in [1.29, 1.82) is 0 Å². The number of hydrogen-bond acceptors (Lipinski definition) is 5. The van der Waals surface area contributed by atoms with E-state index in [0.29, 0.717) is 6.42 Å². The Morgan fingerprint density at radius 2 is 1.92 bits per heavy atom. The van der Waals surface area contributed by atoms with E-state index in [1.54, 1.807) is 0 Å². The molecule has 0 rings (SSSR count). The minimum Gasteiger partial charge on any atom is -0.480 e. The van der Waals surface area contributed by atoms with Crippen molar-refractivity contribution in [3.8, 4) is 0 Å². The van der Waals surface area contributed by atoms with Crippen molar-refractivity contribution in [2.24, 2.45) is 11.5 Å². The highest BCUT2D eigenvalue weighted by Gasteiger charge is 2.27. The SMILES string of the molecule is CCCOC(=O)C(N)C(N)C(=O)O. The molecule has 0 amide bonds. The quantitative estimate of drug-likeness (QED) is 0.463. The lowest BCUT2D eigenvalue weighted by Crippen LogP contribution is -2.52. The van der Waals surface area contributed by atoms with Crippen molar-refractivity contribution in [1.82, 2.24) is 0 Å². The number of carboxylic acid groups (broad SMARTS) is 1. The fourth-order valence-corrected chi connectivity index (χ4v) is 0.599. The third-order valence-corrected chi connectivity index (χ3v) is 1.39. The molecule has 0 aromatic carbocycles. The molecule has 0 aromatic heterocycles. The molecule has 5 N–H and O–H groups in total. The summed E-state index contributed by atoms with van der Waals surface area (Å²) in [4.78, 5) is 21.3.